The first kappa shape index (κ1) is 14.5. The Morgan fingerprint density at radius 3 is 2.61 bits per heavy atom. The molecule has 7 heteroatoms. The lowest BCUT2D eigenvalue weighted by Crippen LogP contribution is -2.03. The largest absolute Gasteiger partial charge is 0.435 e. The molecule has 0 saturated heterocycles. The van der Waals surface area contributed by atoms with Crippen LogP contribution in [0.15, 0.2) is 34.9 Å². The number of fused-ring (bicyclic) bond motifs is 1. The van der Waals surface area contributed by atoms with Gasteiger partial charge >= 0.3 is 6.18 Å². The maximum Gasteiger partial charge on any atom is 0.416 e. The second-order valence-electron chi connectivity index (χ2n) is 5.57. The number of hydrogen-bond donors (Lipinski definition) is 0. The Kier molecular flexibility index (Phi) is 3.13. The first-order valence-corrected chi connectivity index (χ1v) is 7.43. The van der Waals surface area contributed by atoms with Gasteiger partial charge in [-0.3, -0.25) is 0 Å². The molecule has 3 nitrogen and oxygen atoms in total. The van der Waals surface area contributed by atoms with E-state index < -0.39 is 11.7 Å². The summed E-state index contributed by atoms with van der Waals surface area (Å²) in [5.74, 6) is 0.624. The quantitative estimate of drug-likeness (QED) is 0.624. The Morgan fingerprint density at radius 2 is 1.96 bits per heavy atom. The minimum Gasteiger partial charge on any atom is -0.435 e. The molecule has 0 radical (unpaired) electrons. The molecule has 2 heterocycles. The number of alkyl halides is 3. The normalized spacial score (nSPS) is 15.3. The number of pyridine rings is 1. The number of benzene rings is 1. The molecule has 0 aliphatic heterocycles. The Morgan fingerprint density at radius 1 is 1.17 bits per heavy atom. The summed E-state index contributed by atoms with van der Waals surface area (Å²) in [5, 5.41) is 0.386. The molecule has 3 aromatic rings. The van der Waals surface area contributed by atoms with E-state index in [0.717, 1.165) is 30.5 Å². The standard InChI is InChI=1S/C16H10ClF3N2O/c17-11-5-9(8-1-2-8)7-21-14(11)15-22-12-6-10(16(18,19)20)3-4-13(12)23-15/h3-8H,1-2H2. The molecule has 0 spiro atoms. The van der Waals surface area contributed by atoms with Gasteiger partial charge in [-0.2, -0.15) is 13.2 Å². The van der Waals surface area contributed by atoms with E-state index in [1.165, 1.54) is 6.07 Å². The van der Waals surface area contributed by atoms with Crippen LogP contribution in [0.25, 0.3) is 22.7 Å². The molecular formula is C16H10ClF3N2O. The summed E-state index contributed by atoms with van der Waals surface area (Å²) in [5.41, 5.74) is 1.01. The predicted molar refractivity (Wildman–Crippen MR) is 79.2 cm³/mol. The molecule has 0 N–H and O–H groups in total. The number of aromatic nitrogens is 2. The third-order valence-corrected chi connectivity index (χ3v) is 4.12. The highest BCUT2D eigenvalue weighted by Gasteiger charge is 2.31. The summed E-state index contributed by atoms with van der Waals surface area (Å²) in [4.78, 5) is 8.36. The first-order valence-electron chi connectivity index (χ1n) is 7.05. The second-order valence-corrected chi connectivity index (χ2v) is 5.98. The molecule has 118 valence electrons. The van der Waals surface area contributed by atoms with Crippen molar-refractivity contribution in [1.82, 2.24) is 9.97 Å². The third-order valence-electron chi connectivity index (χ3n) is 3.83. The fourth-order valence-corrected chi connectivity index (χ4v) is 2.71. The van der Waals surface area contributed by atoms with Crippen molar-refractivity contribution in [3.8, 4) is 11.6 Å². The van der Waals surface area contributed by atoms with Crippen molar-refractivity contribution < 1.29 is 17.6 Å². The van der Waals surface area contributed by atoms with Crippen LogP contribution in [0.5, 0.6) is 0 Å². The molecule has 1 aromatic carbocycles. The molecule has 0 unspecified atom stereocenters. The van der Waals surface area contributed by atoms with E-state index in [1.54, 1.807) is 6.20 Å². The Bertz CT molecular complexity index is 900. The summed E-state index contributed by atoms with van der Waals surface area (Å²) in [6.07, 6.45) is -0.453. The molecule has 23 heavy (non-hydrogen) atoms. The Labute approximate surface area is 134 Å². The van der Waals surface area contributed by atoms with E-state index in [9.17, 15) is 13.2 Å². The van der Waals surface area contributed by atoms with Gasteiger partial charge in [0.1, 0.15) is 11.2 Å². The van der Waals surface area contributed by atoms with Crippen molar-refractivity contribution in [2.24, 2.45) is 0 Å². The fourth-order valence-electron chi connectivity index (χ4n) is 2.46. The highest BCUT2D eigenvalue weighted by molar-refractivity contribution is 6.32. The van der Waals surface area contributed by atoms with Gasteiger partial charge in [0.2, 0.25) is 5.89 Å². The third kappa shape index (κ3) is 2.67. The zero-order valence-corrected chi connectivity index (χ0v) is 12.4. The summed E-state index contributed by atoms with van der Waals surface area (Å²) in [6, 6.07) is 4.98. The Hall–Kier alpha value is -2.08. The van der Waals surface area contributed by atoms with Gasteiger partial charge in [-0.15, -0.1) is 0 Å². The maximum atomic E-state index is 12.7. The van der Waals surface area contributed by atoms with E-state index in [1.807, 2.05) is 6.07 Å². The zero-order chi connectivity index (χ0) is 16.2. The summed E-state index contributed by atoms with van der Waals surface area (Å²) < 4.78 is 43.7. The number of oxazole rings is 1. The van der Waals surface area contributed by atoms with Gasteiger partial charge < -0.3 is 4.42 Å². The molecule has 2 aromatic heterocycles. The van der Waals surface area contributed by atoms with Gasteiger partial charge in [0.15, 0.2) is 5.58 Å². The van der Waals surface area contributed by atoms with E-state index in [2.05, 4.69) is 9.97 Å². The van der Waals surface area contributed by atoms with Gasteiger partial charge in [0, 0.05) is 6.20 Å². The molecule has 1 aliphatic rings. The molecule has 4 rings (SSSR count). The van der Waals surface area contributed by atoms with Gasteiger partial charge in [-0.05, 0) is 48.6 Å². The van der Waals surface area contributed by atoms with Crippen LogP contribution in [-0.2, 0) is 6.18 Å². The number of nitrogens with zero attached hydrogens (tertiary/aromatic N) is 2. The summed E-state index contributed by atoms with van der Waals surface area (Å²) >= 11 is 6.22. The van der Waals surface area contributed by atoms with Gasteiger partial charge in [-0.1, -0.05) is 11.6 Å². The molecule has 0 bridgehead atoms. The van der Waals surface area contributed by atoms with E-state index in [4.69, 9.17) is 16.0 Å². The van der Waals surface area contributed by atoms with Crippen molar-refractivity contribution in [2.45, 2.75) is 24.9 Å². The van der Waals surface area contributed by atoms with Crippen LogP contribution in [0.1, 0.15) is 29.9 Å². The van der Waals surface area contributed by atoms with Crippen LogP contribution in [0.3, 0.4) is 0 Å². The average molecular weight is 339 g/mol. The topological polar surface area (TPSA) is 38.9 Å². The SMILES string of the molecule is FC(F)(F)c1ccc2oc(-c3ncc(C4CC4)cc3Cl)nc2c1. The molecule has 0 atom stereocenters. The van der Waals surface area contributed by atoms with Crippen LogP contribution in [0.4, 0.5) is 13.2 Å². The van der Waals surface area contributed by atoms with Crippen molar-refractivity contribution in [2.75, 3.05) is 0 Å². The lowest BCUT2D eigenvalue weighted by atomic mass is 10.2. The maximum absolute atomic E-state index is 12.7. The number of hydrogen-bond acceptors (Lipinski definition) is 3. The molecule has 1 fully saturated rings. The monoisotopic (exact) mass is 338 g/mol. The Balaban J connectivity index is 1.77. The molecular weight excluding hydrogens is 329 g/mol. The van der Waals surface area contributed by atoms with E-state index in [-0.39, 0.29) is 17.0 Å². The van der Waals surface area contributed by atoms with Crippen LogP contribution in [-0.4, -0.2) is 9.97 Å². The lowest BCUT2D eigenvalue weighted by Gasteiger charge is -2.04. The predicted octanol–water partition coefficient (Wildman–Crippen LogP) is 5.44. The molecule has 1 saturated carbocycles. The fraction of sp³-hybridized carbons (Fsp3) is 0.250. The summed E-state index contributed by atoms with van der Waals surface area (Å²) in [7, 11) is 0. The van der Waals surface area contributed by atoms with E-state index in [0.29, 0.717) is 16.6 Å². The van der Waals surface area contributed by atoms with Crippen LogP contribution < -0.4 is 0 Å². The number of rotatable bonds is 2. The minimum atomic E-state index is -4.42. The average Bonchev–Trinajstić information content (AvgIpc) is 3.25. The minimum absolute atomic E-state index is 0.117. The lowest BCUT2D eigenvalue weighted by molar-refractivity contribution is -0.137. The highest BCUT2D eigenvalue weighted by atomic mass is 35.5. The van der Waals surface area contributed by atoms with Crippen molar-refractivity contribution >= 4 is 22.7 Å². The van der Waals surface area contributed by atoms with Crippen molar-refractivity contribution in [3.63, 3.8) is 0 Å². The second kappa shape index (κ2) is 4.96. The highest BCUT2D eigenvalue weighted by Crippen LogP contribution is 2.41. The van der Waals surface area contributed by atoms with Crippen LogP contribution in [0, 0.1) is 0 Å². The first-order chi connectivity index (χ1) is 10.9. The smallest absolute Gasteiger partial charge is 0.416 e. The van der Waals surface area contributed by atoms with Gasteiger partial charge in [0.05, 0.1) is 10.6 Å². The molecule has 0 amide bonds. The van der Waals surface area contributed by atoms with Crippen LogP contribution >= 0.6 is 11.6 Å². The van der Waals surface area contributed by atoms with Gasteiger partial charge in [0.25, 0.3) is 0 Å². The summed E-state index contributed by atoms with van der Waals surface area (Å²) in [6.45, 7) is 0. The number of halogens is 4. The molecule has 1 aliphatic carbocycles. The van der Waals surface area contributed by atoms with Crippen molar-refractivity contribution in [3.05, 3.63) is 46.6 Å². The zero-order valence-electron chi connectivity index (χ0n) is 11.7. The van der Waals surface area contributed by atoms with Crippen LogP contribution in [0.2, 0.25) is 5.02 Å². The van der Waals surface area contributed by atoms with E-state index >= 15 is 0 Å². The van der Waals surface area contributed by atoms with Gasteiger partial charge in [-0.25, -0.2) is 9.97 Å². The van der Waals surface area contributed by atoms with Crippen molar-refractivity contribution in [1.29, 1.82) is 0 Å².